The van der Waals surface area contributed by atoms with Gasteiger partial charge in [0.15, 0.2) is 0 Å². The zero-order valence-electron chi connectivity index (χ0n) is 10.8. The average Bonchev–Trinajstić information content (AvgIpc) is 2.81. The van der Waals surface area contributed by atoms with Crippen LogP contribution in [-0.2, 0) is 4.79 Å². The highest BCUT2D eigenvalue weighted by Crippen LogP contribution is 2.30. The van der Waals surface area contributed by atoms with Crippen molar-refractivity contribution in [2.45, 2.75) is 12.5 Å². The summed E-state index contributed by atoms with van der Waals surface area (Å²) in [4.78, 5) is 33.1. The third kappa shape index (κ3) is 2.10. The van der Waals surface area contributed by atoms with E-state index in [1.807, 2.05) is 0 Å². The molecule has 0 bridgehead atoms. The highest BCUT2D eigenvalue weighted by atomic mass is 16.6. The largest absolute Gasteiger partial charge is 0.481 e. The quantitative estimate of drug-likeness (QED) is 0.653. The van der Waals surface area contributed by atoms with Crippen molar-refractivity contribution in [2.24, 2.45) is 0 Å². The first-order valence-corrected chi connectivity index (χ1v) is 6.27. The molecule has 1 aromatic heterocycles. The van der Waals surface area contributed by atoms with Crippen molar-refractivity contribution in [1.82, 2.24) is 9.88 Å². The number of rotatable bonds is 3. The molecule has 0 radical (unpaired) electrons. The number of carboxylic acid groups (broad SMARTS) is 1. The van der Waals surface area contributed by atoms with Crippen molar-refractivity contribution in [2.75, 3.05) is 6.54 Å². The zero-order chi connectivity index (χ0) is 15.1. The number of benzene rings is 1. The maximum Gasteiger partial charge on any atom is 0.305 e. The third-order valence-corrected chi connectivity index (χ3v) is 3.54. The van der Waals surface area contributed by atoms with Gasteiger partial charge in [-0.2, -0.15) is 0 Å². The van der Waals surface area contributed by atoms with Crippen molar-refractivity contribution in [3.63, 3.8) is 0 Å². The Kier molecular flexibility index (Phi) is 2.86. The number of nitro groups is 1. The summed E-state index contributed by atoms with van der Waals surface area (Å²) in [6.07, 6.45) is -0.131. The van der Waals surface area contributed by atoms with Gasteiger partial charge in [-0.25, -0.2) is 0 Å². The van der Waals surface area contributed by atoms with Crippen LogP contribution >= 0.6 is 0 Å². The number of amides is 1. The number of hydrogen-bond acceptors (Lipinski definition) is 4. The summed E-state index contributed by atoms with van der Waals surface area (Å²) in [5, 5.41) is 23.0. The summed E-state index contributed by atoms with van der Waals surface area (Å²) in [7, 11) is 0. The van der Waals surface area contributed by atoms with Crippen LogP contribution in [-0.4, -0.2) is 33.0 Å². The Labute approximate surface area is 118 Å². The Morgan fingerprint density at radius 1 is 1.48 bits per heavy atom. The molecule has 8 nitrogen and oxygen atoms in total. The van der Waals surface area contributed by atoms with E-state index in [0.29, 0.717) is 16.6 Å². The van der Waals surface area contributed by atoms with E-state index >= 15 is 0 Å². The molecule has 0 unspecified atom stereocenters. The monoisotopic (exact) mass is 289 g/mol. The molecule has 0 fully saturated rings. The first-order valence-electron chi connectivity index (χ1n) is 6.27. The van der Waals surface area contributed by atoms with Gasteiger partial charge in [0.1, 0.15) is 5.69 Å². The Balaban J connectivity index is 2.19. The van der Waals surface area contributed by atoms with Crippen LogP contribution in [0.1, 0.15) is 23.0 Å². The molecule has 2 aromatic rings. The minimum atomic E-state index is -0.967. The minimum Gasteiger partial charge on any atom is -0.481 e. The Hall–Kier alpha value is -2.90. The van der Waals surface area contributed by atoms with E-state index in [2.05, 4.69) is 5.32 Å². The topological polar surface area (TPSA) is 114 Å². The van der Waals surface area contributed by atoms with Gasteiger partial charge in [-0.15, -0.1) is 0 Å². The molecule has 21 heavy (non-hydrogen) atoms. The summed E-state index contributed by atoms with van der Waals surface area (Å²) in [5.41, 5.74) is 0.875. The molecule has 1 atom stereocenters. The fourth-order valence-corrected chi connectivity index (χ4v) is 2.66. The van der Waals surface area contributed by atoms with Gasteiger partial charge in [0, 0.05) is 29.6 Å². The van der Waals surface area contributed by atoms with E-state index < -0.39 is 16.9 Å². The van der Waals surface area contributed by atoms with Crippen LogP contribution in [0.15, 0.2) is 24.3 Å². The summed E-state index contributed by atoms with van der Waals surface area (Å²) in [6.45, 7) is 0.221. The number of nitro benzene ring substituents is 1. The number of carbonyl (C=O) groups is 2. The van der Waals surface area contributed by atoms with Gasteiger partial charge in [-0.05, 0) is 12.1 Å². The number of nitrogens with zero attached hydrogens (tertiary/aromatic N) is 2. The first-order chi connectivity index (χ1) is 9.97. The molecule has 1 aliphatic heterocycles. The molecule has 1 aliphatic rings. The van der Waals surface area contributed by atoms with Crippen molar-refractivity contribution in [1.29, 1.82) is 0 Å². The van der Waals surface area contributed by atoms with Crippen molar-refractivity contribution in [3.05, 3.63) is 40.1 Å². The number of carboxylic acids is 1. The molecule has 1 aromatic carbocycles. The number of non-ortho nitro benzene ring substituents is 1. The molecule has 3 rings (SSSR count). The lowest BCUT2D eigenvalue weighted by Crippen LogP contribution is -2.39. The molecule has 0 saturated carbocycles. The number of carbonyl (C=O) groups excluding carboxylic acids is 1. The van der Waals surface area contributed by atoms with Crippen LogP contribution in [0.3, 0.4) is 0 Å². The van der Waals surface area contributed by atoms with Crippen molar-refractivity contribution < 1.29 is 19.6 Å². The smallest absolute Gasteiger partial charge is 0.305 e. The zero-order valence-corrected chi connectivity index (χ0v) is 10.8. The average molecular weight is 289 g/mol. The summed E-state index contributed by atoms with van der Waals surface area (Å²) < 4.78 is 1.64. The maximum absolute atomic E-state index is 11.9. The van der Waals surface area contributed by atoms with Gasteiger partial charge in [0.05, 0.1) is 17.4 Å². The van der Waals surface area contributed by atoms with Gasteiger partial charge in [-0.3, -0.25) is 19.7 Å². The lowest BCUT2D eigenvalue weighted by molar-refractivity contribution is -0.384. The second-order valence-electron chi connectivity index (χ2n) is 4.86. The number of nitrogens with one attached hydrogen (secondary N) is 1. The number of aliphatic carboxylic acids is 1. The molecule has 2 heterocycles. The number of fused-ring (bicyclic) bond motifs is 3. The van der Waals surface area contributed by atoms with Crippen LogP contribution in [0.2, 0.25) is 0 Å². The number of hydrogen-bond donors (Lipinski definition) is 2. The summed E-state index contributed by atoms with van der Waals surface area (Å²) in [5.74, 6) is -1.28. The lowest BCUT2D eigenvalue weighted by Gasteiger charge is -2.26. The van der Waals surface area contributed by atoms with E-state index in [1.54, 1.807) is 16.7 Å². The van der Waals surface area contributed by atoms with Gasteiger partial charge in [0.2, 0.25) is 0 Å². The van der Waals surface area contributed by atoms with E-state index in [4.69, 9.17) is 5.11 Å². The van der Waals surface area contributed by atoms with E-state index in [0.717, 1.165) is 0 Å². The molecule has 8 heteroatoms. The molecule has 0 aliphatic carbocycles. The normalized spacial score (nSPS) is 17.3. The molecular formula is C13H11N3O5. The predicted octanol–water partition coefficient (Wildman–Crippen LogP) is 1.31. The highest BCUT2D eigenvalue weighted by molar-refractivity contribution is 6.00. The minimum absolute atomic E-state index is 0.0689. The van der Waals surface area contributed by atoms with Crippen LogP contribution in [0.25, 0.3) is 10.9 Å². The van der Waals surface area contributed by atoms with Crippen molar-refractivity contribution in [3.8, 4) is 0 Å². The van der Waals surface area contributed by atoms with Crippen molar-refractivity contribution >= 4 is 28.5 Å². The maximum atomic E-state index is 11.9. The van der Waals surface area contributed by atoms with Gasteiger partial charge in [0.25, 0.3) is 11.6 Å². The second kappa shape index (κ2) is 4.58. The summed E-state index contributed by atoms with van der Waals surface area (Å²) in [6, 6.07) is 5.41. The molecular weight excluding hydrogens is 278 g/mol. The molecule has 108 valence electrons. The van der Waals surface area contributed by atoms with Crippen LogP contribution in [0.4, 0.5) is 5.69 Å². The molecule has 0 saturated heterocycles. The fraction of sp³-hybridized carbons (Fsp3) is 0.231. The standard InChI is InChI=1S/C13H11N3O5/c17-12(18)5-9-6-14-13(19)11-4-7-3-8(16(20)21)1-2-10(7)15(9)11/h1-4,9H,5-6H2,(H,14,19)(H,17,18)/t9-/m1/s1. The Morgan fingerprint density at radius 2 is 2.24 bits per heavy atom. The van der Waals surface area contributed by atoms with E-state index in [9.17, 15) is 19.7 Å². The third-order valence-electron chi connectivity index (χ3n) is 3.54. The Bertz CT molecular complexity index is 779. The highest BCUT2D eigenvalue weighted by Gasteiger charge is 2.29. The lowest BCUT2D eigenvalue weighted by atomic mass is 10.1. The molecule has 2 N–H and O–H groups in total. The van der Waals surface area contributed by atoms with Crippen LogP contribution in [0.5, 0.6) is 0 Å². The van der Waals surface area contributed by atoms with Gasteiger partial charge < -0.3 is 15.0 Å². The Morgan fingerprint density at radius 3 is 2.90 bits per heavy atom. The molecule has 0 spiro atoms. The van der Waals surface area contributed by atoms with Gasteiger partial charge >= 0.3 is 5.97 Å². The summed E-state index contributed by atoms with van der Waals surface area (Å²) >= 11 is 0. The number of aromatic nitrogens is 1. The van der Waals surface area contributed by atoms with Crippen LogP contribution in [0, 0.1) is 10.1 Å². The second-order valence-corrected chi connectivity index (χ2v) is 4.86. The van der Waals surface area contributed by atoms with Crippen LogP contribution < -0.4 is 5.32 Å². The molecule has 1 amide bonds. The predicted molar refractivity (Wildman–Crippen MR) is 72.2 cm³/mol. The van der Waals surface area contributed by atoms with E-state index in [1.165, 1.54) is 12.1 Å². The fourth-order valence-electron chi connectivity index (χ4n) is 2.66. The van der Waals surface area contributed by atoms with E-state index in [-0.39, 0.29) is 24.6 Å². The SMILES string of the molecule is O=C(O)C[C@@H]1CNC(=O)c2cc3cc([N+](=O)[O-])ccc3n21. The first kappa shape index (κ1) is 13.1. The van der Waals surface area contributed by atoms with Gasteiger partial charge in [-0.1, -0.05) is 0 Å².